The Morgan fingerprint density at radius 3 is 2.16 bits per heavy atom. The number of hydrogen-bond acceptors (Lipinski definition) is 5. The van der Waals surface area contributed by atoms with Crippen molar-refractivity contribution in [2.45, 2.75) is 84.3 Å². The highest BCUT2D eigenvalue weighted by Crippen LogP contribution is 2.32. The van der Waals surface area contributed by atoms with Crippen molar-refractivity contribution in [3.8, 4) is 0 Å². The Morgan fingerprint density at radius 1 is 0.907 bits per heavy atom. The van der Waals surface area contributed by atoms with Gasteiger partial charge in [0.2, 0.25) is 0 Å². The fourth-order valence-electron chi connectivity index (χ4n) is 5.80. The minimum absolute atomic E-state index is 0.124. The number of sulfonamides is 1. The Morgan fingerprint density at radius 2 is 1.53 bits per heavy atom. The third-order valence-electron chi connectivity index (χ3n) is 7.70. The van der Waals surface area contributed by atoms with E-state index in [1.54, 1.807) is 32.0 Å². The van der Waals surface area contributed by atoms with Crippen molar-refractivity contribution in [3.05, 3.63) is 93.5 Å². The van der Waals surface area contributed by atoms with Crippen LogP contribution in [0.25, 0.3) is 0 Å². The summed E-state index contributed by atoms with van der Waals surface area (Å²) >= 11 is 0. The van der Waals surface area contributed by atoms with Crippen LogP contribution >= 0.6 is 0 Å². The smallest absolute Gasteiger partial charge is 0.407 e. The number of benzene rings is 3. The number of likely N-dealkylation sites (tertiary alicyclic amines) is 1. The van der Waals surface area contributed by atoms with Gasteiger partial charge in [-0.25, -0.2) is 13.2 Å². The van der Waals surface area contributed by atoms with Crippen LogP contribution in [-0.4, -0.2) is 44.0 Å². The van der Waals surface area contributed by atoms with E-state index < -0.39 is 21.7 Å². The van der Waals surface area contributed by atoms with Crippen LogP contribution in [0.15, 0.2) is 59.5 Å². The zero-order chi connectivity index (χ0) is 31.5. The number of ether oxygens (including phenoxy) is 1. The second kappa shape index (κ2) is 12.8. The van der Waals surface area contributed by atoms with Gasteiger partial charge in [-0.05, 0) is 107 Å². The van der Waals surface area contributed by atoms with Gasteiger partial charge in [0.05, 0.1) is 10.6 Å². The zero-order valence-corrected chi connectivity index (χ0v) is 27.0. The highest BCUT2D eigenvalue weighted by Gasteiger charge is 2.27. The van der Waals surface area contributed by atoms with Gasteiger partial charge < -0.3 is 15.0 Å². The average Bonchev–Trinajstić information content (AvgIpc) is 2.91. The van der Waals surface area contributed by atoms with E-state index in [2.05, 4.69) is 16.1 Å². The molecule has 1 aliphatic heterocycles. The van der Waals surface area contributed by atoms with E-state index in [0.717, 1.165) is 29.5 Å². The minimum Gasteiger partial charge on any atom is -0.444 e. The summed E-state index contributed by atoms with van der Waals surface area (Å²) in [4.78, 5) is 27.8. The van der Waals surface area contributed by atoms with E-state index >= 15 is 0 Å². The van der Waals surface area contributed by atoms with E-state index in [9.17, 15) is 18.0 Å². The molecule has 0 aromatic heterocycles. The summed E-state index contributed by atoms with van der Waals surface area (Å²) < 4.78 is 34.9. The molecule has 1 heterocycles. The molecule has 230 valence electrons. The number of amides is 2. The number of rotatable bonds is 7. The molecule has 0 spiro atoms. The van der Waals surface area contributed by atoms with Crippen molar-refractivity contribution in [1.82, 2.24) is 10.2 Å². The monoisotopic (exact) mass is 605 g/mol. The summed E-state index contributed by atoms with van der Waals surface area (Å²) in [5.41, 5.74) is 5.57. The Bertz CT molecular complexity index is 1590. The zero-order valence-electron chi connectivity index (χ0n) is 26.2. The first-order valence-electron chi connectivity index (χ1n) is 14.7. The topological polar surface area (TPSA) is 105 Å². The average molecular weight is 606 g/mol. The number of aryl methyl sites for hydroxylation is 4. The molecule has 2 N–H and O–H groups in total. The summed E-state index contributed by atoms with van der Waals surface area (Å²) in [6, 6.07) is 16.9. The quantitative estimate of drug-likeness (QED) is 0.309. The molecular formula is C34H43N3O5S. The van der Waals surface area contributed by atoms with Gasteiger partial charge in [-0.1, -0.05) is 48.0 Å². The highest BCUT2D eigenvalue weighted by atomic mass is 32.2. The molecule has 1 aliphatic rings. The molecule has 9 heteroatoms. The van der Waals surface area contributed by atoms with Gasteiger partial charge in [-0.3, -0.25) is 9.52 Å². The number of nitrogens with zero attached hydrogens (tertiary/aromatic N) is 1. The number of nitrogens with one attached hydrogen (secondary N) is 2. The number of carbonyl (C=O) groups excluding carboxylic acids is 2. The number of anilines is 1. The number of carbonyl (C=O) groups is 2. The van der Waals surface area contributed by atoms with Crippen molar-refractivity contribution in [2.24, 2.45) is 0 Å². The van der Waals surface area contributed by atoms with Crippen molar-refractivity contribution in [3.63, 3.8) is 0 Å². The first-order chi connectivity index (χ1) is 20.1. The lowest BCUT2D eigenvalue weighted by atomic mass is 9.86. The van der Waals surface area contributed by atoms with Gasteiger partial charge in [-0.2, -0.15) is 0 Å². The molecule has 0 unspecified atom stereocenters. The fraction of sp³-hybridized carbons (Fsp3) is 0.412. The number of alkyl carbamates (subject to hydrolysis) is 1. The lowest BCUT2D eigenvalue weighted by molar-refractivity contribution is 0.0522. The molecule has 3 aromatic rings. The van der Waals surface area contributed by atoms with E-state index in [1.807, 2.05) is 69.9 Å². The maximum absolute atomic E-state index is 13.5. The normalized spacial score (nSPS) is 14.3. The fourth-order valence-corrected chi connectivity index (χ4v) is 7.38. The standard InChI is InChI=1S/C34H43N3O5S/c1-22-18-24(3)31(25(4)19-22)43(40,41)36-30-20-27(13-12-23(30)2)32(38)37-16-14-26(15-17-37)29-11-9-8-10-28(29)21-35-33(39)42-34(5,6)7/h8-13,18-20,26,36H,14-17,21H2,1-7H3,(H,35,39). The predicted molar refractivity (Wildman–Crippen MR) is 170 cm³/mol. The van der Waals surface area contributed by atoms with Gasteiger partial charge in [0.25, 0.3) is 15.9 Å². The molecule has 0 radical (unpaired) electrons. The van der Waals surface area contributed by atoms with Crippen molar-refractivity contribution < 1.29 is 22.7 Å². The van der Waals surface area contributed by atoms with Crippen LogP contribution in [0.2, 0.25) is 0 Å². The molecule has 8 nitrogen and oxygen atoms in total. The van der Waals surface area contributed by atoms with E-state index in [4.69, 9.17) is 4.74 Å². The van der Waals surface area contributed by atoms with Crippen LogP contribution in [0.3, 0.4) is 0 Å². The second-order valence-corrected chi connectivity index (χ2v) is 14.1. The van der Waals surface area contributed by atoms with Gasteiger partial charge in [0.1, 0.15) is 5.60 Å². The van der Waals surface area contributed by atoms with Gasteiger partial charge >= 0.3 is 6.09 Å². The Balaban J connectivity index is 1.43. The van der Waals surface area contributed by atoms with Crippen molar-refractivity contribution in [1.29, 1.82) is 0 Å². The second-order valence-electron chi connectivity index (χ2n) is 12.5. The number of hydrogen-bond donors (Lipinski definition) is 2. The van der Waals surface area contributed by atoms with Crippen molar-refractivity contribution >= 4 is 27.7 Å². The summed E-state index contributed by atoms with van der Waals surface area (Å²) in [5, 5.41) is 2.85. The predicted octanol–water partition coefficient (Wildman–Crippen LogP) is 6.77. The molecule has 3 aromatic carbocycles. The summed E-state index contributed by atoms with van der Waals surface area (Å²) in [6.07, 6.45) is 1.12. The minimum atomic E-state index is -3.85. The largest absolute Gasteiger partial charge is 0.444 e. The molecular weight excluding hydrogens is 562 g/mol. The molecule has 0 aliphatic carbocycles. The van der Waals surface area contributed by atoms with Crippen LogP contribution in [-0.2, 0) is 21.3 Å². The molecule has 4 rings (SSSR count). The van der Waals surface area contributed by atoms with E-state index in [0.29, 0.717) is 42.0 Å². The first-order valence-corrected chi connectivity index (χ1v) is 16.2. The third kappa shape index (κ3) is 7.96. The van der Waals surface area contributed by atoms with Crippen LogP contribution < -0.4 is 10.0 Å². The lowest BCUT2D eigenvalue weighted by Gasteiger charge is -2.33. The van der Waals surface area contributed by atoms with Crippen LogP contribution in [0.5, 0.6) is 0 Å². The first kappa shape index (κ1) is 32.1. The Hall–Kier alpha value is -3.85. The third-order valence-corrected chi connectivity index (χ3v) is 9.37. The number of piperidine rings is 1. The molecule has 43 heavy (non-hydrogen) atoms. The Kier molecular flexibility index (Phi) is 9.54. The maximum atomic E-state index is 13.5. The van der Waals surface area contributed by atoms with Crippen LogP contribution in [0.4, 0.5) is 10.5 Å². The van der Waals surface area contributed by atoms with Gasteiger partial charge in [-0.15, -0.1) is 0 Å². The molecule has 0 saturated carbocycles. The van der Waals surface area contributed by atoms with Crippen LogP contribution in [0, 0.1) is 27.7 Å². The maximum Gasteiger partial charge on any atom is 0.407 e. The molecule has 0 atom stereocenters. The SMILES string of the molecule is Cc1cc(C)c(S(=O)(=O)Nc2cc(C(=O)N3CCC(c4ccccc4CNC(=O)OC(C)(C)C)CC3)ccc2C)c(C)c1. The van der Waals surface area contributed by atoms with E-state index in [1.165, 1.54) is 5.56 Å². The summed E-state index contributed by atoms with van der Waals surface area (Å²) in [7, 11) is -3.85. The summed E-state index contributed by atoms with van der Waals surface area (Å²) in [6.45, 7) is 14.4. The Labute approximate surface area is 255 Å². The lowest BCUT2D eigenvalue weighted by Crippen LogP contribution is -2.38. The van der Waals surface area contributed by atoms with E-state index in [-0.39, 0.29) is 16.7 Å². The summed E-state index contributed by atoms with van der Waals surface area (Å²) in [5.74, 6) is 0.128. The van der Waals surface area contributed by atoms with Gasteiger partial charge in [0, 0.05) is 25.2 Å². The van der Waals surface area contributed by atoms with Crippen LogP contribution in [0.1, 0.15) is 83.3 Å². The molecule has 2 amide bonds. The molecule has 1 fully saturated rings. The van der Waals surface area contributed by atoms with Crippen molar-refractivity contribution in [2.75, 3.05) is 17.8 Å². The molecule has 0 bridgehead atoms. The van der Waals surface area contributed by atoms with Gasteiger partial charge in [0.15, 0.2) is 0 Å². The molecule has 1 saturated heterocycles. The highest BCUT2D eigenvalue weighted by molar-refractivity contribution is 7.92.